The predicted octanol–water partition coefficient (Wildman–Crippen LogP) is 4.30. The van der Waals surface area contributed by atoms with Crippen molar-refractivity contribution in [1.29, 1.82) is 0 Å². The number of hydrogen-bond acceptors (Lipinski definition) is 7. The molecule has 4 rings (SSSR count). The number of fused-ring (bicyclic) bond motifs is 1. The van der Waals surface area contributed by atoms with Gasteiger partial charge in [-0.25, -0.2) is 14.2 Å². The van der Waals surface area contributed by atoms with Crippen molar-refractivity contribution in [2.24, 2.45) is 4.99 Å². The predicted molar refractivity (Wildman–Crippen MR) is 133 cm³/mol. The fourth-order valence-corrected chi connectivity index (χ4v) is 4.87. The average Bonchev–Trinajstić information content (AvgIpc) is 3.25. The van der Waals surface area contributed by atoms with E-state index in [9.17, 15) is 14.0 Å². The van der Waals surface area contributed by atoms with E-state index in [0.717, 1.165) is 5.56 Å². The number of benzene rings is 2. The van der Waals surface area contributed by atoms with Crippen LogP contribution < -0.4 is 5.32 Å². The van der Waals surface area contributed by atoms with Gasteiger partial charge in [0.1, 0.15) is 12.4 Å². The zero-order chi connectivity index (χ0) is 24.8. The Morgan fingerprint density at radius 2 is 1.86 bits per heavy atom. The summed E-state index contributed by atoms with van der Waals surface area (Å²) in [6.07, 6.45) is 0.0988. The molecule has 7 nitrogen and oxygen atoms in total. The highest BCUT2D eigenvalue weighted by Gasteiger charge is 2.41. The SMILES string of the molecule is COCCOC(=O)C1=C(C)N=C2SC=C(CC(=O)NCc3ccccc3)N2C1c1ccc(F)cc1. The number of allylic oxidation sites excluding steroid dienone is 1. The van der Waals surface area contributed by atoms with Gasteiger partial charge in [-0.15, -0.1) is 0 Å². The molecule has 182 valence electrons. The van der Waals surface area contributed by atoms with Gasteiger partial charge in [-0.05, 0) is 35.6 Å². The van der Waals surface area contributed by atoms with E-state index in [4.69, 9.17) is 9.47 Å². The van der Waals surface area contributed by atoms with Gasteiger partial charge in [-0.3, -0.25) is 4.79 Å². The van der Waals surface area contributed by atoms with E-state index in [1.165, 1.54) is 31.0 Å². The molecule has 1 amide bonds. The van der Waals surface area contributed by atoms with Crippen LogP contribution in [0.2, 0.25) is 0 Å². The molecule has 0 saturated carbocycles. The number of carbonyl (C=O) groups is 2. The zero-order valence-electron chi connectivity index (χ0n) is 19.5. The maximum atomic E-state index is 13.7. The first kappa shape index (κ1) is 24.7. The Labute approximate surface area is 207 Å². The maximum absolute atomic E-state index is 13.7. The number of methoxy groups -OCH3 is 1. The van der Waals surface area contributed by atoms with Crippen LogP contribution in [0.4, 0.5) is 4.39 Å². The Hall–Kier alpha value is -3.43. The van der Waals surface area contributed by atoms with Crippen molar-refractivity contribution in [3.8, 4) is 0 Å². The molecule has 0 aliphatic carbocycles. The van der Waals surface area contributed by atoms with Crippen LogP contribution in [0.1, 0.15) is 30.5 Å². The fourth-order valence-electron chi connectivity index (χ4n) is 3.91. The summed E-state index contributed by atoms with van der Waals surface area (Å²) >= 11 is 1.38. The Balaban J connectivity index is 1.59. The summed E-state index contributed by atoms with van der Waals surface area (Å²) in [6.45, 7) is 2.52. The molecule has 2 aliphatic heterocycles. The molecule has 0 saturated heterocycles. The molecule has 2 heterocycles. The second kappa shape index (κ2) is 11.3. The van der Waals surface area contributed by atoms with Crippen molar-refractivity contribution in [1.82, 2.24) is 10.2 Å². The molecule has 0 radical (unpaired) electrons. The van der Waals surface area contributed by atoms with E-state index in [0.29, 0.717) is 34.2 Å². The summed E-state index contributed by atoms with van der Waals surface area (Å²) < 4.78 is 24.1. The van der Waals surface area contributed by atoms with Crippen LogP contribution in [0.3, 0.4) is 0 Å². The highest BCUT2D eigenvalue weighted by Crippen LogP contribution is 2.44. The van der Waals surface area contributed by atoms with E-state index in [1.807, 2.05) is 40.6 Å². The molecule has 0 spiro atoms. The molecule has 1 N–H and O–H groups in total. The number of thioether (sulfide) groups is 1. The first-order valence-corrected chi connectivity index (χ1v) is 12.0. The van der Waals surface area contributed by atoms with E-state index >= 15 is 0 Å². The summed E-state index contributed by atoms with van der Waals surface area (Å²) in [7, 11) is 1.53. The summed E-state index contributed by atoms with van der Waals surface area (Å²) in [5.74, 6) is -1.06. The number of ether oxygens (including phenoxy) is 2. The van der Waals surface area contributed by atoms with Crippen LogP contribution in [-0.2, 0) is 25.6 Å². The Bertz CT molecular complexity index is 1180. The molecule has 2 aromatic rings. The van der Waals surface area contributed by atoms with Crippen LogP contribution in [0, 0.1) is 5.82 Å². The lowest BCUT2D eigenvalue weighted by Crippen LogP contribution is -2.38. The van der Waals surface area contributed by atoms with Gasteiger partial charge in [0.25, 0.3) is 0 Å². The molecular weight excluding hydrogens is 469 g/mol. The number of rotatable bonds is 9. The van der Waals surface area contributed by atoms with Crippen molar-refractivity contribution < 1.29 is 23.5 Å². The number of amides is 1. The Kier molecular flexibility index (Phi) is 7.99. The van der Waals surface area contributed by atoms with Crippen LogP contribution in [0.5, 0.6) is 0 Å². The van der Waals surface area contributed by atoms with Crippen molar-refractivity contribution in [3.63, 3.8) is 0 Å². The monoisotopic (exact) mass is 495 g/mol. The minimum Gasteiger partial charge on any atom is -0.460 e. The zero-order valence-corrected chi connectivity index (χ0v) is 20.3. The van der Waals surface area contributed by atoms with Crippen molar-refractivity contribution in [3.05, 3.63) is 93.9 Å². The highest BCUT2D eigenvalue weighted by molar-refractivity contribution is 8.16. The quantitative estimate of drug-likeness (QED) is 0.413. The van der Waals surface area contributed by atoms with Gasteiger partial charge in [0.2, 0.25) is 5.91 Å². The number of hydrogen-bond donors (Lipinski definition) is 1. The van der Waals surface area contributed by atoms with E-state index < -0.39 is 12.0 Å². The molecule has 0 fully saturated rings. The Morgan fingerprint density at radius 1 is 1.11 bits per heavy atom. The minimum atomic E-state index is -0.610. The summed E-state index contributed by atoms with van der Waals surface area (Å²) in [4.78, 5) is 32.4. The van der Waals surface area contributed by atoms with Gasteiger partial charge >= 0.3 is 5.97 Å². The Morgan fingerprint density at radius 3 is 2.57 bits per heavy atom. The minimum absolute atomic E-state index is 0.0954. The van der Waals surface area contributed by atoms with Gasteiger partial charge in [0.05, 0.1) is 30.3 Å². The normalized spacial score (nSPS) is 17.0. The van der Waals surface area contributed by atoms with Crippen LogP contribution in [-0.4, -0.2) is 42.3 Å². The van der Waals surface area contributed by atoms with Gasteiger partial charge in [-0.1, -0.05) is 54.2 Å². The van der Waals surface area contributed by atoms with Crippen molar-refractivity contribution >= 4 is 28.8 Å². The fraction of sp³-hybridized carbons (Fsp3) is 0.269. The van der Waals surface area contributed by atoms with E-state index in [-0.39, 0.29) is 31.4 Å². The first-order valence-electron chi connectivity index (χ1n) is 11.1. The maximum Gasteiger partial charge on any atom is 0.338 e. The standard InChI is InChI=1S/C26H26FN3O4S/c1-17-23(25(32)34-13-12-33-2)24(19-8-10-20(27)11-9-19)30-21(16-35-26(30)29-17)14-22(31)28-15-18-6-4-3-5-7-18/h3-11,16,24H,12-15H2,1-2H3,(H,28,31). The van der Waals surface area contributed by atoms with Crippen molar-refractivity contribution in [2.75, 3.05) is 20.3 Å². The lowest BCUT2D eigenvalue weighted by Gasteiger charge is -2.36. The number of aliphatic imine (C=N–C) groups is 1. The van der Waals surface area contributed by atoms with Gasteiger partial charge in [0.15, 0.2) is 5.17 Å². The van der Waals surface area contributed by atoms with Crippen LogP contribution in [0.15, 0.2) is 82.0 Å². The first-order chi connectivity index (χ1) is 17.0. The van der Waals surface area contributed by atoms with E-state index in [1.54, 1.807) is 19.1 Å². The largest absolute Gasteiger partial charge is 0.460 e. The number of amidine groups is 1. The molecule has 1 unspecified atom stereocenters. The van der Waals surface area contributed by atoms with Gasteiger partial charge in [-0.2, -0.15) is 0 Å². The second-order valence-corrected chi connectivity index (χ2v) is 8.85. The number of nitrogens with one attached hydrogen (secondary N) is 1. The summed E-state index contributed by atoms with van der Waals surface area (Å²) in [6, 6.07) is 15.0. The molecular formula is C26H26FN3O4S. The summed E-state index contributed by atoms with van der Waals surface area (Å²) in [5, 5.41) is 5.45. The third kappa shape index (κ3) is 5.80. The molecule has 35 heavy (non-hydrogen) atoms. The number of halogens is 1. The number of carbonyl (C=O) groups excluding carboxylic acids is 2. The highest BCUT2D eigenvalue weighted by atomic mass is 32.2. The van der Waals surface area contributed by atoms with Crippen molar-refractivity contribution in [2.45, 2.75) is 25.9 Å². The van der Waals surface area contributed by atoms with Crippen LogP contribution >= 0.6 is 11.8 Å². The average molecular weight is 496 g/mol. The van der Waals surface area contributed by atoms with Gasteiger partial charge in [0, 0.05) is 19.4 Å². The van der Waals surface area contributed by atoms with E-state index in [2.05, 4.69) is 10.3 Å². The second-order valence-electron chi connectivity index (χ2n) is 8.01. The molecule has 2 aromatic carbocycles. The number of nitrogens with zero attached hydrogens (tertiary/aromatic N) is 2. The third-order valence-electron chi connectivity index (χ3n) is 5.60. The smallest absolute Gasteiger partial charge is 0.338 e. The van der Waals surface area contributed by atoms with Crippen LogP contribution in [0.25, 0.3) is 0 Å². The lowest BCUT2D eigenvalue weighted by atomic mass is 9.94. The lowest BCUT2D eigenvalue weighted by molar-refractivity contribution is -0.141. The number of esters is 1. The third-order valence-corrected chi connectivity index (χ3v) is 6.49. The van der Waals surface area contributed by atoms with Gasteiger partial charge < -0.3 is 19.7 Å². The topological polar surface area (TPSA) is 80.2 Å². The molecule has 0 aromatic heterocycles. The molecule has 2 aliphatic rings. The molecule has 9 heteroatoms. The molecule has 1 atom stereocenters. The summed E-state index contributed by atoms with van der Waals surface area (Å²) in [5.41, 5.74) is 3.25. The molecule has 0 bridgehead atoms.